The maximum Gasteiger partial charge on any atom is 0.573 e. The molecule has 4 aromatic rings. The zero-order chi connectivity index (χ0) is 28.1. The number of pyridine rings is 1. The van der Waals surface area contributed by atoms with Gasteiger partial charge in [0.2, 0.25) is 0 Å². The molecule has 0 saturated heterocycles. The molecular formula is C28H23F6N3O2. The van der Waals surface area contributed by atoms with Crippen LogP contribution in [-0.4, -0.2) is 22.8 Å². The van der Waals surface area contributed by atoms with Gasteiger partial charge < -0.3 is 15.2 Å². The van der Waals surface area contributed by atoms with Crippen LogP contribution < -0.4 is 15.4 Å². The van der Waals surface area contributed by atoms with Crippen molar-refractivity contribution in [1.82, 2.24) is 10.3 Å². The smallest absolute Gasteiger partial charge is 0.406 e. The SMILES string of the molecule is OC(Nc1ccc(OC(F)(F)F)cc1)NC(Cc1ccccc1)(c1cccc(C(F)(F)F)c1)c1ccccn1. The molecule has 0 fully saturated rings. The largest absolute Gasteiger partial charge is 0.573 e. The molecule has 204 valence electrons. The lowest BCUT2D eigenvalue weighted by atomic mass is 9.80. The molecule has 2 unspecified atom stereocenters. The van der Waals surface area contributed by atoms with E-state index < -0.39 is 35.7 Å². The molecule has 0 amide bonds. The van der Waals surface area contributed by atoms with Gasteiger partial charge in [0.1, 0.15) is 5.75 Å². The first-order valence-electron chi connectivity index (χ1n) is 11.7. The summed E-state index contributed by atoms with van der Waals surface area (Å²) in [6.07, 6.45) is -9.46. The van der Waals surface area contributed by atoms with Crippen molar-refractivity contribution in [3.05, 3.63) is 126 Å². The first-order chi connectivity index (χ1) is 18.4. The molecule has 3 N–H and O–H groups in total. The Kier molecular flexibility index (Phi) is 8.12. The van der Waals surface area contributed by atoms with Crippen LogP contribution in [0.1, 0.15) is 22.4 Å². The predicted octanol–water partition coefficient (Wildman–Crippen LogP) is 6.46. The standard InChI is InChI=1S/C28H23F6N3O2/c29-27(30,31)21-10-6-9-20(17-21)26(24-11-4-5-16-35-24,18-19-7-2-1-3-8-19)37-25(38)36-22-12-14-23(15-13-22)39-28(32,33)34/h1-17,25,36-38H,18H2. The van der Waals surface area contributed by atoms with E-state index in [1.54, 1.807) is 48.5 Å². The quantitative estimate of drug-likeness (QED) is 0.166. The third-order valence-electron chi connectivity index (χ3n) is 5.87. The second kappa shape index (κ2) is 11.3. The summed E-state index contributed by atoms with van der Waals surface area (Å²) in [7, 11) is 0. The highest BCUT2D eigenvalue weighted by atomic mass is 19.4. The fraction of sp³-hybridized carbons (Fsp3) is 0.179. The molecule has 0 aliphatic rings. The molecule has 4 rings (SSSR count). The number of aliphatic hydroxyl groups is 1. The van der Waals surface area contributed by atoms with Gasteiger partial charge in [0.05, 0.1) is 16.8 Å². The molecule has 0 aliphatic heterocycles. The summed E-state index contributed by atoms with van der Waals surface area (Å²) in [5.41, 5.74) is -0.845. The lowest BCUT2D eigenvalue weighted by Gasteiger charge is -2.38. The molecule has 2 atom stereocenters. The zero-order valence-electron chi connectivity index (χ0n) is 20.2. The Morgan fingerprint density at radius 3 is 2.05 bits per heavy atom. The molecule has 0 aliphatic carbocycles. The second-order valence-corrected chi connectivity index (χ2v) is 8.62. The van der Waals surface area contributed by atoms with Gasteiger partial charge in [-0.1, -0.05) is 48.5 Å². The molecule has 0 saturated carbocycles. The lowest BCUT2D eigenvalue weighted by molar-refractivity contribution is -0.274. The van der Waals surface area contributed by atoms with Gasteiger partial charge in [0.15, 0.2) is 6.35 Å². The summed E-state index contributed by atoms with van der Waals surface area (Å²) in [5.74, 6) is -0.452. The van der Waals surface area contributed by atoms with E-state index in [4.69, 9.17) is 0 Å². The Bertz CT molecular complexity index is 1350. The molecule has 5 nitrogen and oxygen atoms in total. The van der Waals surface area contributed by atoms with Gasteiger partial charge in [0, 0.05) is 18.3 Å². The van der Waals surface area contributed by atoms with Crippen molar-refractivity contribution in [2.45, 2.75) is 30.9 Å². The van der Waals surface area contributed by atoms with E-state index in [-0.39, 0.29) is 17.7 Å². The van der Waals surface area contributed by atoms with Crippen molar-refractivity contribution in [2.75, 3.05) is 5.32 Å². The summed E-state index contributed by atoms with van der Waals surface area (Å²) < 4.78 is 82.4. The highest BCUT2D eigenvalue weighted by molar-refractivity contribution is 5.47. The monoisotopic (exact) mass is 547 g/mol. The number of aromatic nitrogens is 1. The van der Waals surface area contributed by atoms with Gasteiger partial charge in [-0.05, 0) is 59.7 Å². The van der Waals surface area contributed by atoms with Crippen molar-refractivity contribution < 1.29 is 36.2 Å². The normalized spacial score (nSPS) is 14.3. The minimum atomic E-state index is -4.86. The van der Waals surface area contributed by atoms with Gasteiger partial charge in [-0.3, -0.25) is 10.3 Å². The third kappa shape index (κ3) is 7.27. The number of ether oxygens (including phenoxy) is 1. The van der Waals surface area contributed by atoms with Gasteiger partial charge >= 0.3 is 12.5 Å². The second-order valence-electron chi connectivity index (χ2n) is 8.62. The van der Waals surface area contributed by atoms with Gasteiger partial charge in [-0.15, -0.1) is 13.2 Å². The summed E-state index contributed by atoms with van der Waals surface area (Å²) in [5, 5.41) is 16.8. The number of nitrogens with zero attached hydrogens (tertiary/aromatic N) is 1. The molecular weight excluding hydrogens is 524 g/mol. The van der Waals surface area contributed by atoms with Gasteiger partial charge in [-0.25, -0.2) is 0 Å². The molecule has 1 heterocycles. The number of hydrogen-bond donors (Lipinski definition) is 3. The first kappa shape index (κ1) is 27.9. The number of rotatable bonds is 9. The van der Waals surface area contributed by atoms with E-state index in [2.05, 4.69) is 20.4 Å². The van der Waals surface area contributed by atoms with E-state index in [1.165, 1.54) is 30.5 Å². The summed E-state index contributed by atoms with van der Waals surface area (Å²) in [4.78, 5) is 4.42. The fourth-order valence-electron chi connectivity index (χ4n) is 4.21. The Labute approximate surface area is 220 Å². The van der Waals surface area contributed by atoms with Crippen LogP contribution >= 0.6 is 0 Å². The van der Waals surface area contributed by atoms with Crippen molar-refractivity contribution in [1.29, 1.82) is 0 Å². The van der Waals surface area contributed by atoms with Crippen LogP contribution in [-0.2, 0) is 18.1 Å². The Balaban J connectivity index is 1.74. The molecule has 39 heavy (non-hydrogen) atoms. The maximum atomic E-state index is 13.7. The van der Waals surface area contributed by atoms with Crippen LogP contribution in [0.3, 0.4) is 0 Å². The molecule has 3 aromatic carbocycles. The highest BCUT2D eigenvalue weighted by Crippen LogP contribution is 2.37. The Hall–Kier alpha value is -4.09. The molecule has 0 radical (unpaired) electrons. The van der Waals surface area contributed by atoms with Crippen LogP contribution in [0, 0.1) is 0 Å². The number of anilines is 1. The minimum absolute atomic E-state index is 0.100. The van der Waals surface area contributed by atoms with Crippen LogP contribution in [0.5, 0.6) is 5.75 Å². The zero-order valence-corrected chi connectivity index (χ0v) is 20.2. The number of aliphatic hydroxyl groups excluding tert-OH is 1. The van der Waals surface area contributed by atoms with E-state index >= 15 is 0 Å². The molecule has 11 heteroatoms. The van der Waals surface area contributed by atoms with Crippen LogP contribution in [0.2, 0.25) is 0 Å². The topological polar surface area (TPSA) is 66.4 Å². The lowest BCUT2D eigenvalue weighted by Crippen LogP contribution is -2.53. The number of hydrogen-bond acceptors (Lipinski definition) is 5. The first-order valence-corrected chi connectivity index (χ1v) is 11.7. The number of nitrogens with one attached hydrogen (secondary N) is 2. The van der Waals surface area contributed by atoms with Gasteiger partial charge in [-0.2, -0.15) is 13.2 Å². The van der Waals surface area contributed by atoms with E-state index in [0.29, 0.717) is 5.69 Å². The number of alkyl halides is 6. The van der Waals surface area contributed by atoms with Crippen molar-refractivity contribution in [3.63, 3.8) is 0 Å². The number of halogens is 6. The molecule has 0 bridgehead atoms. The van der Waals surface area contributed by atoms with E-state index in [0.717, 1.165) is 29.8 Å². The van der Waals surface area contributed by atoms with Crippen LogP contribution in [0.4, 0.5) is 32.0 Å². The van der Waals surface area contributed by atoms with Crippen LogP contribution in [0.25, 0.3) is 0 Å². The average molecular weight is 547 g/mol. The van der Waals surface area contributed by atoms with Crippen molar-refractivity contribution >= 4 is 5.69 Å². The predicted molar refractivity (Wildman–Crippen MR) is 132 cm³/mol. The Morgan fingerprint density at radius 1 is 0.769 bits per heavy atom. The van der Waals surface area contributed by atoms with E-state index in [9.17, 15) is 31.4 Å². The van der Waals surface area contributed by atoms with E-state index in [1.807, 2.05) is 0 Å². The summed E-state index contributed by atoms with van der Waals surface area (Å²) in [6, 6.07) is 23.3. The average Bonchev–Trinajstić information content (AvgIpc) is 2.89. The molecule has 0 spiro atoms. The molecule has 1 aromatic heterocycles. The van der Waals surface area contributed by atoms with Crippen molar-refractivity contribution in [3.8, 4) is 5.75 Å². The summed E-state index contributed by atoms with van der Waals surface area (Å²) in [6.45, 7) is 0. The van der Waals surface area contributed by atoms with Crippen LogP contribution in [0.15, 0.2) is 103 Å². The minimum Gasteiger partial charge on any atom is -0.406 e. The Morgan fingerprint density at radius 2 is 1.44 bits per heavy atom. The highest BCUT2D eigenvalue weighted by Gasteiger charge is 2.40. The summed E-state index contributed by atoms with van der Waals surface area (Å²) >= 11 is 0. The fourth-order valence-corrected chi connectivity index (χ4v) is 4.21. The maximum absolute atomic E-state index is 13.7. The third-order valence-corrected chi connectivity index (χ3v) is 5.87. The number of benzene rings is 3. The van der Waals surface area contributed by atoms with Gasteiger partial charge in [0.25, 0.3) is 0 Å². The van der Waals surface area contributed by atoms with Crippen molar-refractivity contribution in [2.24, 2.45) is 0 Å².